The highest BCUT2D eigenvalue weighted by Gasteiger charge is 2.16. The topological polar surface area (TPSA) is 93.3 Å². The third-order valence-electron chi connectivity index (χ3n) is 4.33. The van der Waals surface area contributed by atoms with Gasteiger partial charge in [0.05, 0.1) is 17.8 Å². The highest BCUT2D eigenvalue weighted by molar-refractivity contribution is 7.71. The summed E-state index contributed by atoms with van der Waals surface area (Å²) < 4.78 is 14.5. The zero-order valence-electron chi connectivity index (χ0n) is 14.8. The number of nitrogens with zero attached hydrogens (tertiary/aromatic N) is 2. The van der Waals surface area contributed by atoms with Crippen LogP contribution in [-0.2, 0) is 11.2 Å². The van der Waals surface area contributed by atoms with Gasteiger partial charge in [0.2, 0.25) is 5.91 Å². The normalized spacial score (nSPS) is 14.4. The van der Waals surface area contributed by atoms with Crippen molar-refractivity contribution in [2.24, 2.45) is 5.10 Å². The second-order valence-electron chi connectivity index (χ2n) is 6.38. The van der Waals surface area contributed by atoms with Gasteiger partial charge in [0.25, 0.3) is 5.56 Å². The van der Waals surface area contributed by atoms with Crippen LogP contribution in [0.1, 0.15) is 31.0 Å². The molecule has 1 amide bonds. The monoisotopic (exact) mass is 389 g/mol. The molecule has 0 atom stereocenters. The Morgan fingerprint density at radius 3 is 2.70 bits per heavy atom. The number of hydrogen-bond donors (Lipinski definition) is 3. The molecule has 2 aromatic rings. The number of aromatic nitrogens is 2. The summed E-state index contributed by atoms with van der Waals surface area (Å²) >= 11 is 4.86. The van der Waals surface area contributed by atoms with E-state index in [1.165, 1.54) is 12.1 Å². The summed E-state index contributed by atoms with van der Waals surface area (Å²) in [4.78, 5) is 30.5. The van der Waals surface area contributed by atoms with Crippen molar-refractivity contribution < 1.29 is 9.18 Å². The van der Waals surface area contributed by atoms with Crippen LogP contribution < -0.4 is 15.9 Å². The number of nitrogens with one attached hydrogen (secondary N) is 3. The number of benzene rings is 1. The molecular formula is C18H20FN5O2S. The largest absolute Gasteiger partial charge is 0.369 e. The molecule has 1 aliphatic rings. The number of carbonyl (C=O) groups is 1. The molecule has 27 heavy (non-hydrogen) atoms. The van der Waals surface area contributed by atoms with E-state index in [2.05, 4.69) is 20.5 Å². The van der Waals surface area contributed by atoms with Gasteiger partial charge in [-0.15, -0.1) is 0 Å². The number of carbonyl (C=O) groups excluding carboxylic acids is 1. The lowest BCUT2D eigenvalue weighted by Gasteiger charge is -2.18. The molecule has 3 N–H and O–H groups in total. The summed E-state index contributed by atoms with van der Waals surface area (Å²) in [7, 11) is 0. The predicted octanol–water partition coefficient (Wildman–Crippen LogP) is 2.25. The fourth-order valence-corrected chi connectivity index (χ4v) is 3.22. The first-order valence-corrected chi connectivity index (χ1v) is 9.04. The smallest absolute Gasteiger partial charge is 0.251 e. The average Bonchev–Trinajstić information content (AvgIpc) is 3.13. The van der Waals surface area contributed by atoms with Gasteiger partial charge in [0.15, 0.2) is 4.77 Å². The fraction of sp³-hybridized carbons (Fsp3) is 0.333. The first-order valence-electron chi connectivity index (χ1n) is 8.63. The Labute approximate surface area is 160 Å². The van der Waals surface area contributed by atoms with E-state index >= 15 is 0 Å². The SMILES string of the molecule is C/C(=N/NC(=O)Cc1cc(=O)[nH]c(=S)[nH]1)c1ccc(N2CCCC2)c(F)c1. The Morgan fingerprint density at radius 1 is 1.30 bits per heavy atom. The van der Waals surface area contributed by atoms with E-state index in [1.807, 2.05) is 4.90 Å². The maximum absolute atomic E-state index is 14.4. The van der Waals surface area contributed by atoms with E-state index < -0.39 is 5.91 Å². The lowest BCUT2D eigenvalue weighted by atomic mass is 10.1. The maximum atomic E-state index is 14.4. The van der Waals surface area contributed by atoms with Gasteiger partial charge in [-0.2, -0.15) is 5.10 Å². The molecule has 0 spiro atoms. The summed E-state index contributed by atoms with van der Waals surface area (Å²) in [6.45, 7) is 3.42. The minimum absolute atomic E-state index is 0.0768. The van der Waals surface area contributed by atoms with Gasteiger partial charge in [0, 0.05) is 30.4 Å². The molecule has 1 saturated heterocycles. The van der Waals surface area contributed by atoms with Crippen molar-refractivity contribution in [1.29, 1.82) is 0 Å². The Morgan fingerprint density at radius 2 is 2.04 bits per heavy atom. The van der Waals surface area contributed by atoms with Crippen LogP contribution in [0.3, 0.4) is 0 Å². The van der Waals surface area contributed by atoms with Crippen molar-refractivity contribution >= 4 is 29.5 Å². The van der Waals surface area contributed by atoms with Crippen molar-refractivity contribution in [3.63, 3.8) is 0 Å². The van der Waals surface area contributed by atoms with Crippen molar-refractivity contribution in [3.8, 4) is 0 Å². The molecule has 0 unspecified atom stereocenters. The number of rotatable bonds is 5. The molecule has 1 aromatic heterocycles. The quantitative estimate of drug-likeness (QED) is 0.415. The first-order chi connectivity index (χ1) is 12.9. The number of halogens is 1. The van der Waals surface area contributed by atoms with Crippen LogP contribution in [0.2, 0.25) is 0 Å². The van der Waals surface area contributed by atoms with Gasteiger partial charge in [-0.1, -0.05) is 6.07 Å². The van der Waals surface area contributed by atoms with Crippen molar-refractivity contribution in [2.45, 2.75) is 26.2 Å². The average molecular weight is 389 g/mol. The second-order valence-corrected chi connectivity index (χ2v) is 6.79. The van der Waals surface area contributed by atoms with Crippen LogP contribution in [0, 0.1) is 10.6 Å². The van der Waals surface area contributed by atoms with E-state index in [0.717, 1.165) is 25.9 Å². The number of aromatic amines is 2. The van der Waals surface area contributed by atoms with Crippen LogP contribution in [0.4, 0.5) is 10.1 Å². The summed E-state index contributed by atoms with van der Waals surface area (Å²) in [6.07, 6.45) is 2.07. The Balaban J connectivity index is 1.66. The Bertz CT molecular complexity index is 963. The molecular weight excluding hydrogens is 369 g/mol. The summed E-state index contributed by atoms with van der Waals surface area (Å²) in [5.74, 6) is -0.717. The maximum Gasteiger partial charge on any atom is 0.251 e. The summed E-state index contributed by atoms with van der Waals surface area (Å²) in [5, 5.41) is 4.01. The zero-order chi connectivity index (χ0) is 19.4. The molecule has 9 heteroatoms. The van der Waals surface area contributed by atoms with Crippen molar-refractivity contribution in [2.75, 3.05) is 18.0 Å². The molecule has 1 aliphatic heterocycles. The highest BCUT2D eigenvalue weighted by Crippen LogP contribution is 2.24. The number of hydrazone groups is 1. The van der Waals surface area contributed by atoms with E-state index in [0.29, 0.717) is 22.7 Å². The molecule has 0 saturated carbocycles. The van der Waals surface area contributed by atoms with Crippen LogP contribution in [0.25, 0.3) is 0 Å². The third-order valence-corrected chi connectivity index (χ3v) is 4.53. The molecule has 142 valence electrons. The highest BCUT2D eigenvalue weighted by atomic mass is 32.1. The van der Waals surface area contributed by atoms with E-state index in [1.54, 1.807) is 19.1 Å². The summed E-state index contributed by atoms with van der Waals surface area (Å²) in [5.41, 5.74) is 4.08. The van der Waals surface area contributed by atoms with Gasteiger partial charge in [-0.05, 0) is 44.1 Å². The Hall–Kier alpha value is -2.81. The van der Waals surface area contributed by atoms with Crippen molar-refractivity contribution in [1.82, 2.24) is 15.4 Å². The van der Waals surface area contributed by atoms with Crippen molar-refractivity contribution in [3.05, 3.63) is 56.5 Å². The van der Waals surface area contributed by atoms with Crippen LogP contribution in [0.15, 0.2) is 34.2 Å². The van der Waals surface area contributed by atoms with Crippen LogP contribution in [0.5, 0.6) is 0 Å². The lowest BCUT2D eigenvalue weighted by Crippen LogP contribution is -2.23. The molecule has 1 aromatic carbocycles. The molecule has 1 fully saturated rings. The standard InChI is InChI=1S/C18H20FN5O2S/c1-11(12-4-5-15(14(19)8-12)24-6-2-3-7-24)22-23-17(26)10-13-9-16(25)21-18(27)20-13/h4-5,8-9H,2-3,6-7,10H2,1H3,(H,23,26)(H2,20,21,25,27)/b22-11-. The van der Waals surface area contributed by atoms with Crippen LogP contribution >= 0.6 is 12.2 Å². The van der Waals surface area contributed by atoms with Gasteiger partial charge >= 0.3 is 0 Å². The minimum atomic E-state index is -0.417. The van der Waals surface area contributed by atoms with Gasteiger partial charge in [-0.3, -0.25) is 14.6 Å². The van der Waals surface area contributed by atoms with Crippen LogP contribution in [-0.4, -0.2) is 34.7 Å². The molecule has 0 aliphatic carbocycles. The number of H-pyrrole nitrogens is 2. The van der Waals surface area contributed by atoms with E-state index in [-0.39, 0.29) is 22.6 Å². The molecule has 3 rings (SSSR count). The third kappa shape index (κ3) is 4.88. The first kappa shape index (κ1) is 19.0. The zero-order valence-corrected chi connectivity index (χ0v) is 15.7. The van der Waals surface area contributed by atoms with Gasteiger partial charge in [0.1, 0.15) is 5.82 Å². The number of hydrogen-bond acceptors (Lipinski definition) is 5. The van der Waals surface area contributed by atoms with E-state index in [4.69, 9.17) is 12.2 Å². The Kier molecular flexibility index (Phi) is 5.80. The second kappa shape index (κ2) is 8.26. The fourth-order valence-electron chi connectivity index (χ4n) is 2.98. The number of anilines is 1. The lowest BCUT2D eigenvalue weighted by molar-refractivity contribution is -0.120. The van der Waals surface area contributed by atoms with Gasteiger partial charge in [-0.25, -0.2) is 9.82 Å². The summed E-state index contributed by atoms with van der Waals surface area (Å²) in [6, 6.07) is 6.22. The predicted molar refractivity (Wildman–Crippen MR) is 104 cm³/mol. The van der Waals surface area contributed by atoms with E-state index in [9.17, 15) is 14.0 Å². The molecule has 2 heterocycles. The molecule has 0 bridgehead atoms. The number of amides is 1. The minimum Gasteiger partial charge on any atom is -0.369 e. The van der Waals surface area contributed by atoms with Gasteiger partial charge < -0.3 is 9.88 Å². The molecule has 7 nitrogen and oxygen atoms in total. The molecule has 0 radical (unpaired) electrons.